The van der Waals surface area contributed by atoms with Gasteiger partial charge in [-0.05, 0) is 13.3 Å². The normalized spacial score (nSPS) is 14.7. The molecule has 0 aliphatic carbocycles. The van der Waals surface area contributed by atoms with Crippen molar-refractivity contribution in [3.63, 3.8) is 0 Å². The fourth-order valence-corrected chi connectivity index (χ4v) is 0.496. The van der Waals surface area contributed by atoms with Crippen LogP contribution in [0.3, 0.4) is 0 Å². The maximum absolute atomic E-state index is 11.1. The number of hydrogen-bond acceptors (Lipinski definition) is 3. The number of nitrogens with zero attached hydrogens (tertiary/aromatic N) is 1. The minimum atomic E-state index is -0.976. The van der Waals surface area contributed by atoms with Crippen LogP contribution in [0, 0.1) is 16.7 Å². The van der Waals surface area contributed by atoms with Crippen LogP contribution in [0.1, 0.15) is 20.3 Å². The van der Waals surface area contributed by atoms with Crippen molar-refractivity contribution in [3.05, 3.63) is 0 Å². The molecule has 11 heavy (non-hydrogen) atoms. The summed E-state index contributed by atoms with van der Waals surface area (Å²) < 4.78 is 0. The van der Waals surface area contributed by atoms with Gasteiger partial charge in [0.1, 0.15) is 5.41 Å². The molecule has 0 spiro atoms. The fourth-order valence-electron chi connectivity index (χ4n) is 0.496. The summed E-state index contributed by atoms with van der Waals surface area (Å²) >= 11 is 0. The van der Waals surface area contributed by atoms with Crippen molar-refractivity contribution in [1.82, 2.24) is 5.48 Å². The lowest BCUT2D eigenvalue weighted by Crippen LogP contribution is -2.36. The Morgan fingerprint density at radius 3 is 2.64 bits per heavy atom. The lowest BCUT2D eigenvalue weighted by molar-refractivity contribution is -0.138. The highest BCUT2D eigenvalue weighted by molar-refractivity contribution is 5.83. The fraction of sp³-hybridized carbons (Fsp3) is 0.714. The van der Waals surface area contributed by atoms with Crippen LogP contribution < -0.4 is 5.48 Å². The molecule has 62 valence electrons. The van der Waals surface area contributed by atoms with E-state index in [4.69, 9.17) is 5.26 Å². The predicted molar refractivity (Wildman–Crippen MR) is 39.2 cm³/mol. The Labute approximate surface area is 66.1 Å². The summed E-state index contributed by atoms with van der Waals surface area (Å²) in [6.45, 7) is 3.35. The Bertz CT molecular complexity index is 185. The lowest BCUT2D eigenvalue weighted by Gasteiger charge is -2.16. The van der Waals surface area contributed by atoms with Crippen LogP contribution in [-0.4, -0.2) is 13.0 Å². The van der Waals surface area contributed by atoms with Gasteiger partial charge in [0.05, 0.1) is 13.2 Å². The molecule has 4 heteroatoms. The van der Waals surface area contributed by atoms with Crippen LogP contribution in [0.25, 0.3) is 0 Å². The van der Waals surface area contributed by atoms with Crippen molar-refractivity contribution in [2.75, 3.05) is 7.11 Å². The number of carbonyl (C=O) groups excluding carboxylic acids is 1. The second kappa shape index (κ2) is 3.94. The van der Waals surface area contributed by atoms with E-state index < -0.39 is 11.3 Å². The van der Waals surface area contributed by atoms with E-state index in [2.05, 4.69) is 10.3 Å². The number of hydrogen-bond donors (Lipinski definition) is 1. The number of amides is 1. The summed E-state index contributed by atoms with van der Waals surface area (Å²) in [5.74, 6) is -0.398. The molecule has 0 saturated heterocycles. The molecule has 0 aromatic carbocycles. The Morgan fingerprint density at radius 1 is 1.82 bits per heavy atom. The van der Waals surface area contributed by atoms with E-state index >= 15 is 0 Å². The van der Waals surface area contributed by atoms with E-state index in [-0.39, 0.29) is 0 Å². The molecule has 0 aliphatic heterocycles. The number of hydroxylamine groups is 1. The highest BCUT2D eigenvalue weighted by atomic mass is 16.6. The molecule has 0 saturated carbocycles. The van der Waals surface area contributed by atoms with Crippen molar-refractivity contribution in [2.24, 2.45) is 5.41 Å². The maximum atomic E-state index is 11.1. The Balaban J connectivity index is 4.28. The van der Waals surface area contributed by atoms with Gasteiger partial charge >= 0.3 is 0 Å². The first-order valence-corrected chi connectivity index (χ1v) is 3.35. The molecule has 1 N–H and O–H groups in total. The highest BCUT2D eigenvalue weighted by Crippen LogP contribution is 2.19. The molecule has 0 rings (SSSR count). The molecule has 1 atom stereocenters. The van der Waals surface area contributed by atoms with E-state index in [1.165, 1.54) is 7.11 Å². The van der Waals surface area contributed by atoms with Crippen molar-refractivity contribution in [3.8, 4) is 6.07 Å². The summed E-state index contributed by atoms with van der Waals surface area (Å²) in [6.07, 6.45) is 0.471. The summed E-state index contributed by atoms with van der Waals surface area (Å²) in [5.41, 5.74) is 1.15. The Morgan fingerprint density at radius 2 is 2.36 bits per heavy atom. The van der Waals surface area contributed by atoms with Gasteiger partial charge in [-0.3, -0.25) is 9.63 Å². The van der Waals surface area contributed by atoms with Gasteiger partial charge in [-0.15, -0.1) is 0 Å². The Kier molecular flexibility index (Phi) is 3.55. The van der Waals surface area contributed by atoms with Gasteiger partial charge in [-0.25, -0.2) is 5.48 Å². The van der Waals surface area contributed by atoms with E-state index in [0.717, 1.165) is 0 Å². The second-order valence-corrected chi connectivity index (χ2v) is 2.43. The minimum Gasteiger partial charge on any atom is -0.277 e. The largest absolute Gasteiger partial charge is 0.277 e. The molecular weight excluding hydrogens is 144 g/mol. The molecule has 0 aromatic heterocycles. The number of nitriles is 1. The maximum Gasteiger partial charge on any atom is 0.263 e. The molecule has 4 nitrogen and oxygen atoms in total. The molecule has 0 fully saturated rings. The van der Waals surface area contributed by atoms with Crippen LogP contribution in [-0.2, 0) is 9.63 Å². The summed E-state index contributed by atoms with van der Waals surface area (Å²) in [5, 5.41) is 8.62. The lowest BCUT2D eigenvalue weighted by atomic mass is 9.89. The zero-order valence-electron chi connectivity index (χ0n) is 6.97. The monoisotopic (exact) mass is 156 g/mol. The average Bonchev–Trinajstić information content (AvgIpc) is 2.03. The first kappa shape index (κ1) is 9.92. The summed E-state index contributed by atoms with van der Waals surface area (Å²) in [6, 6.07) is 1.92. The zero-order chi connectivity index (χ0) is 8.91. The van der Waals surface area contributed by atoms with Crippen molar-refractivity contribution in [2.45, 2.75) is 20.3 Å². The summed E-state index contributed by atoms with van der Waals surface area (Å²) in [7, 11) is 1.34. The van der Waals surface area contributed by atoms with Crippen LogP contribution >= 0.6 is 0 Å². The van der Waals surface area contributed by atoms with Gasteiger partial charge in [0.15, 0.2) is 0 Å². The van der Waals surface area contributed by atoms with Crippen molar-refractivity contribution >= 4 is 5.91 Å². The van der Waals surface area contributed by atoms with Gasteiger partial charge in [0.25, 0.3) is 5.91 Å². The second-order valence-electron chi connectivity index (χ2n) is 2.43. The third-order valence-corrected chi connectivity index (χ3v) is 1.65. The third kappa shape index (κ3) is 2.20. The van der Waals surface area contributed by atoms with Crippen LogP contribution in [0.5, 0.6) is 0 Å². The van der Waals surface area contributed by atoms with Crippen molar-refractivity contribution < 1.29 is 9.63 Å². The molecule has 0 radical (unpaired) electrons. The third-order valence-electron chi connectivity index (χ3n) is 1.65. The molecule has 0 aromatic rings. The quantitative estimate of drug-likeness (QED) is 0.609. The highest BCUT2D eigenvalue weighted by Gasteiger charge is 2.31. The van der Waals surface area contributed by atoms with Crippen LogP contribution in [0.2, 0.25) is 0 Å². The van der Waals surface area contributed by atoms with Crippen LogP contribution in [0.15, 0.2) is 0 Å². The van der Waals surface area contributed by atoms with E-state index in [1.54, 1.807) is 13.8 Å². The molecule has 0 heterocycles. The van der Waals surface area contributed by atoms with Crippen molar-refractivity contribution in [1.29, 1.82) is 5.26 Å². The molecular formula is C7H12N2O2. The number of rotatable bonds is 3. The number of carbonyl (C=O) groups is 1. The molecule has 0 bridgehead atoms. The van der Waals surface area contributed by atoms with Gasteiger partial charge < -0.3 is 0 Å². The standard InChI is InChI=1S/C7H12N2O2/c1-4-7(2,5-8)6(10)9-11-3/h4H2,1-3H3,(H,9,10). The topological polar surface area (TPSA) is 62.1 Å². The van der Waals surface area contributed by atoms with Gasteiger partial charge in [-0.1, -0.05) is 6.92 Å². The van der Waals surface area contributed by atoms with Crippen LogP contribution in [0.4, 0.5) is 0 Å². The van der Waals surface area contributed by atoms with E-state index in [1.807, 2.05) is 6.07 Å². The molecule has 1 amide bonds. The van der Waals surface area contributed by atoms with Gasteiger partial charge in [0, 0.05) is 0 Å². The SMILES string of the molecule is CCC(C)(C#N)C(=O)NOC. The molecule has 1 unspecified atom stereocenters. The first-order chi connectivity index (χ1) is 5.10. The average molecular weight is 156 g/mol. The smallest absolute Gasteiger partial charge is 0.263 e. The zero-order valence-corrected chi connectivity index (χ0v) is 6.97. The summed E-state index contributed by atoms with van der Waals surface area (Å²) in [4.78, 5) is 15.5. The van der Waals surface area contributed by atoms with E-state index in [0.29, 0.717) is 6.42 Å². The van der Waals surface area contributed by atoms with E-state index in [9.17, 15) is 4.79 Å². The number of nitrogens with one attached hydrogen (secondary N) is 1. The predicted octanol–water partition coefficient (Wildman–Crippen LogP) is 0.604. The first-order valence-electron chi connectivity index (χ1n) is 3.35. The van der Waals surface area contributed by atoms with Gasteiger partial charge in [-0.2, -0.15) is 5.26 Å². The Hall–Kier alpha value is -1.08. The molecule has 0 aliphatic rings. The minimum absolute atomic E-state index is 0.398. The van der Waals surface area contributed by atoms with Gasteiger partial charge in [0.2, 0.25) is 0 Å².